The topological polar surface area (TPSA) is 53.4 Å². The van der Waals surface area contributed by atoms with Gasteiger partial charge < -0.3 is 10.0 Å². The highest BCUT2D eigenvalue weighted by Crippen LogP contribution is 2.25. The van der Waals surface area contributed by atoms with Gasteiger partial charge in [-0.05, 0) is 37.1 Å². The molecular weight excluding hydrogens is 332 g/mol. The van der Waals surface area contributed by atoms with E-state index in [4.69, 9.17) is 5.11 Å². The van der Waals surface area contributed by atoms with E-state index in [9.17, 15) is 4.79 Å². The molecule has 0 aliphatic carbocycles. The molecule has 2 aromatic carbocycles. The zero-order valence-electron chi connectivity index (χ0n) is 14.3. The van der Waals surface area contributed by atoms with Crippen molar-refractivity contribution in [2.75, 3.05) is 11.4 Å². The highest BCUT2D eigenvalue weighted by molar-refractivity contribution is 7.13. The van der Waals surface area contributed by atoms with Crippen molar-refractivity contribution < 1.29 is 9.90 Å². The number of thiazole rings is 1. The Balaban J connectivity index is 1.76. The molecule has 3 rings (SSSR count). The monoisotopic (exact) mass is 352 g/mol. The Morgan fingerprint density at radius 2 is 1.96 bits per heavy atom. The molecule has 0 saturated carbocycles. The van der Waals surface area contributed by atoms with Crippen LogP contribution in [0.4, 0.5) is 5.69 Å². The van der Waals surface area contributed by atoms with E-state index in [-0.39, 0.29) is 5.69 Å². The van der Waals surface area contributed by atoms with Crippen LogP contribution in [-0.4, -0.2) is 22.6 Å². The fourth-order valence-electron chi connectivity index (χ4n) is 2.69. The van der Waals surface area contributed by atoms with Crippen molar-refractivity contribution in [2.24, 2.45) is 0 Å². The minimum atomic E-state index is -0.990. The van der Waals surface area contributed by atoms with Crippen LogP contribution < -0.4 is 4.90 Å². The van der Waals surface area contributed by atoms with Gasteiger partial charge >= 0.3 is 5.97 Å². The quantitative estimate of drug-likeness (QED) is 0.689. The largest absolute Gasteiger partial charge is 0.476 e. The van der Waals surface area contributed by atoms with Gasteiger partial charge in [-0.3, -0.25) is 0 Å². The molecule has 128 valence electrons. The Kier molecular flexibility index (Phi) is 5.14. The molecule has 1 heterocycles. The molecule has 1 N–H and O–H groups in total. The Bertz CT molecular complexity index is 871. The molecule has 0 amide bonds. The van der Waals surface area contributed by atoms with Gasteiger partial charge in [0.25, 0.3) is 0 Å². The van der Waals surface area contributed by atoms with Crippen molar-refractivity contribution >= 4 is 23.0 Å². The summed E-state index contributed by atoms with van der Waals surface area (Å²) in [6.45, 7) is 6.02. The number of aromatic nitrogens is 1. The van der Waals surface area contributed by atoms with E-state index in [1.54, 1.807) is 5.38 Å². The summed E-state index contributed by atoms with van der Waals surface area (Å²) in [5, 5.41) is 11.3. The number of carboxylic acid groups (broad SMARTS) is 1. The first-order valence-electron chi connectivity index (χ1n) is 8.16. The van der Waals surface area contributed by atoms with Crippen LogP contribution in [0.5, 0.6) is 0 Å². The summed E-state index contributed by atoms with van der Waals surface area (Å²) in [5.41, 5.74) is 4.73. The molecule has 0 saturated heterocycles. The van der Waals surface area contributed by atoms with Gasteiger partial charge in [-0.1, -0.05) is 36.4 Å². The van der Waals surface area contributed by atoms with Crippen LogP contribution in [0.1, 0.15) is 28.5 Å². The number of hydrogen-bond donors (Lipinski definition) is 1. The lowest BCUT2D eigenvalue weighted by molar-refractivity contribution is 0.0691. The third-order valence-electron chi connectivity index (χ3n) is 4.05. The second kappa shape index (κ2) is 7.49. The van der Waals surface area contributed by atoms with Crippen LogP contribution in [0.15, 0.2) is 53.9 Å². The summed E-state index contributed by atoms with van der Waals surface area (Å²) >= 11 is 1.35. The maximum absolute atomic E-state index is 11.0. The first-order chi connectivity index (χ1) is 12.1. The van der Waals surface area contributed by atoms with Crippen LogP contribution in [0.25, 0.3) is 10.6 Å². The summed E-state index contributed by atoms with van der Waals surface area (Å²) in [4.78, 5) is 17.4. The van der Waals surface area contributed by atoms with Gasteiger partial charge in [0.1, 0.15) is 5.01 Å². The maximum atomic E-state index is 11.0. The van der Waals surface area contributed by atoms with E-state index in [0.717, 1.165) is 23.7 Å². The summed E-state index contributed by atoms with van der Waals surface area (Å²) in [5.74, 6) is -0.990. The van der Waals surface area contributed by atoms with Gasteiger partial charge in [-0.25, -0.2) is 9.78 Å². The number of benzene rings is 2. The number of anilines is 1. The van der Waals surface area contributed by atoms with E-state index in [2.05, 4.69) is 60.1 Å². The first kappa shape index (κ1) is 17.2. The van der Waals surface area contributed by atoms with E-state index in [1.807, 2.05) is 12.1 Å². The minimum absolute atomic E-state index is 0.0979. The molecule has 5 heteroatoms. The normalized spacial score (nSPS) is 10.6. The Morgan fingerprint density at radius 3 is 2.56 bits per heavy atom. The molecule has 0 spiro atoms. The SMILES string of the molecule is CCN(Cc1ccc(-c2nc(C(=O)O)cs2)cc1)c1cccc(C)c1. The average Bonchev–Trinajstić information content (AvgIpc) is 3.10. The fourth-order valence-corrected chi connectivity index (χ4v) is 3.49. The molecule has 25 heavy (non-hydrogen) atoms. The molecule has 0 aliphatic heterocycles. The molecule has 1 aromatic heterocycles. The molecule has 0 atom stereocenters. The molecule has 0 unspecified atom stereocenters. The van der Waals surface area contributed by atoms with Crippen LogP contribution in [0, 0.1) is 6.92 Å². The van der Waals surface area contributed by atoms with E-state index in [0.29, 0.717) is 0 Å². The second-order valence-corrected chi connectivity index (χ2v) is 6.75. The van der Waals surface area contributed by atoms with Gasteiger partial charge in [0.15, 0.2) is 5.69 Å². The van der Waals surface area contributed by atoms with Gasteiger partial charge in [0.2, 0.25) is 0 Å². The number of nitrogens with zero attached hydrogens (tertiary/aromatic N) is 2. The van der Waals surface area contributed by atoms with Gasteiger partial charge in [-0.2, -0.15) is 0 Å². The highest BCUT2D eigenvalue weighted by atomic mass is 32.1. The van der Waals surface area contributed by atoms with Gasteiger partial charge in [0.05, 0.1) is 0 Å². The predicted octanol–water partition coefficient (Wildman–Crippen LogP) is 4.84. The lowest BCUT2D eigenvalue weighted by Crippen LogP contribution is -2.21. The number of carboxylic acids is 1. The number of carbonyl (C=O) groups is 1. The number of rotatable bonds is 6. The predicted molar refractivity (Wildman–Crippen MR) is 102 cm³/mol. The van der Waals surface area contributed by atoms with Crippen LogP contribution in [0.2, 0.25) is 0 Å². The van der Waals surface area contributed by atoms with Crippen molar-refractivity contribution in [3.63, 3.8) is 0 Å². The lowest BCUT2D eigenvalue weighted by atomic mass is 10.1. The van der Waals surface area contributed by atoms with E-state index in [1.165, 1.54) is 28.2 Å². The van der Waals surface area contributed by atoms with E-state index >= 15 is 0 Å². The van der Waals surface area contributed by atoms with Crippen molar-refractivity contribution in [2.45, 2.75) is 20.4 Å². The van der Waals surface area contributed by atoms with Crippen LogP contribution in [-0.2, 0) is 6.54 Å². The van der Waals surface area contributed by atoms with Crippen LogP contribution >= 0.6 is 11.3 Å². The molecule has 3 aromatic rings. The van der Waals surface area contributed by atoms with Crippen molar-refractivity contribution in [1.29, 1.82) is 0 Å². The fraction of sp³-hybridized carbons (Fsp3) is 0.200. The lowest BCUT2D eigenvalue weighted by Gasteiger charge is -2.23. The molecule has 0 fully saturated rings. The number of hydrogen-bond acceptors (Lipinski definition) is 4. The molecule has 0 bridgehead atoms. The zero-order valence-corrected chi connectivity index (χ0v) is 15.1. The number of aromatic carboxylic acids is 1. The van der Waals surface area contributed by atoms with Crippen molar-refractivity contribution in [3.05, 3.63) is 70.7 Å². The molecule has 0 radical (unpaired) electrons. The van der Waals surface area contributed by atoms with Gasteiger partial charge in [0, 0.05) is 29.7 Å². The summed E-state index contributed by atoms with van der Waals surface area (Å²) in [7, 11) is 0. The molecular formula is C20H20N2O2S. The third kappa shape index (κ3) is 4.06. The highest BCUT2D eigenvalue weighted by Gasteiger charge is 2.11. The zero-order chi connectivity index (χ0) is 17.8. The maximum Gasteiger partial charge on any atom is 0.355 e. The molecule has 4 nitrogen and oxygen atoms in total. The summed E-state index contributed by atoms with van der Waals surface area (Å²) < 4.78 is 0. The summed E-state index contributed by atoms with van der Waals surface area (Å²) in [6.07, 6.45) is 0. The number of aryl methyl sites for hydroxylation is 1. The Hall–Kier alpha value is -2.66. The van der Waals surface area contributed by atoms with Crippen molar-refractivity contribution in [3.8, 4) is 10.6 Å². The van der Waals surface area contributed by atoms with Gasteiger partial charge in [-0.15, -0.1) is 11.3 Å². The van der Waals surface area contributed by atoms with E-state index < -0.39 is 5.97 Å². The standard InChI is InChI=1S/C20H20N2O2S/c1-3-22(17-6-4-5-14(2)11-17)12-15-7-9-16(10-8-15)19-21-18(13-25-19)20(23)24/h4-11,13H,3,12H2,1-2H3,(H,23,24). The Labute approximate surface area is 151 Å². The van der Waals surface area contributed by atoms with Crippen molar-refractivity contribution in [1.82, 2.24) is 4.98 Å². The molecule has 0 aliphatic rings. The second-order valence-electron chi connectivity index (χ2n) is 5.89. The first-order valence-corrected chi connectivity index (χ1v) is 9.04. The minimum Gasteiger partial charge on any atom is -0.476 e. The Morgan fingerprint density at radius 1 is 1.20 bits per heavy atom. The van der Waals surface area contributed by atoms with Crippen LogP contribution in [0.3, 0.4) is 0 Å². The summed E-state index contributed by atoms with van der Waals surface area (Å²) in [6, 6.07) is 16.7. The average molecular weight is 352 g/mol. The smallest absolute Gasteiger partial charge is 0.355 e. The third-order valence-corrected chi connectivity index (χ3v) is 4.94.